The first-order valence-electron chi connectivity index (χ1n) is 11.7. The first-order chi connectivity index (χ1) is 18.3. The molecule has 2 aromatic carbocycles. The summed E-state index contributed by atoms with van der Waals surface area (Å²) in [5.74, 6) is -0.794. The molecular formula is C28H25F2IrN8-5. The normalized spacial score (nSPS) is 14.1. The van der Waals surface area contributed by atoms with Gasteiger partial charge in [-0.2, -0.15) is 19.4 Å². The maximum Gasteiger partial charge on any atom is 0.108 e. The second kappa shape index (κ2) is 11.8. The molecule has 1 radical (unpaired) electrons. The van der Waals surface area contributed by atoms with Gasteiger partial charge in [-0.1, -0.05) is 23.4 Å². The van der Waals surface area contributed by atoms with Gasteiger partial charge in [0.1, 0.15) is 5.82 Å². The van der Waals surface area contributed by atoms with Gasteiger partial charge < -0.3 is 34.4 Å². The smallest absolute Gasteiger partial charge is 0.108 e. The van der Waals surface area contributed by atoms with Crippen molar-refractivity contribution in [3.8, 4) is 22.8 Å². The summed E-state index contributed by atoms with van der Waals surface area (Å²) in [4.78, 5) is 12.4. The summed E-state index contributed by atoms with van der Waals surface area (Å²) in [6, 6.07) is 15.8. The Hall–Kier alpha value is -3.95. The third-order valence-electron chi connectivity index (χ3n) is 5.74. The average molecular weight is 704 g/mol. The molecule has 6 rings (SSSR count). The van der Waals surface area contributed by atoms with E-state index in [0.717, 1.165) is 29.2 Å². The number of aryl methyl sites for hydroxylation is 2. The van der Waals surface area contributed by atoms with E-state index in [2.05, 4.69) is 27.3 Å². The zero-order valence-electron chi connectivity index (χ0n) is 21.7. The quantitative estimate of drug-likeness (QED) is 0.287. The summed E-state index contributed by atoms with van der Waals surface area (Å²) in [5.41, 5.74) is 3.96. The number of aromatic nitrogens is 4. The van der Waals surface area contributed by atoms with Crippen LogP contribution in [0.25, 0.3) is 22.8 Å². The summed E-state index contributed by atoms with van der Waals surface area (Å²) < 4.78 is 28.4. The Labute approximate surface area is 240 Å². The number of anilines is 2. The molecule has 0 fully saturated rings. The van der Waals surface area contributed by atoms with Gasteiger partial charge in [-0.05, 0) is 52.0 Å². The fourth-order valence-corrected chi connectivity index (χ4v) is 3.90. The Kier molecular flexibility index (Phi) is 8.52. The van der Waals surface area contributed by atoms with Gasteiger partial charge >= 0.3 is 0 Å². The summed E-state index contributed by atoms with van der Waals surface area (Å²) in [6.45, 7) is 5.87. The zero-order chi connectivity index (χ0) is 26.8. The van der Waals surface area contributed by atoms with Crippen LogP contribution in [0.4, 0.5) is 20.2 Å². The molecule has 0 bridgehead atoms. The number of nitrogens with zero attached hydrogens (tertiary/aromatic N) is 8. The molecule has 39 heavy (non-hydrogen) atoms. The monoisotopic (exact) mass is 704 g/mol. The van der Waals surface area contributed by atoms with E-state index in [4.69, 9.17) is 0 Å². The predicted octanol–water partition coefficient (Wildman–Crippen LogP) is 4.66. The second-order valence-electron chi connectivity index (χ2n) is 8.87. The van der Waals surface area contributed by atoms with Crippen LogP contribution < -0.4 is 14.9 Å². The van der Waals surface area contributed by atoms with Crippen molar-refractivity contribution in [2.45, 2.75) is 6.92 Å². The molecule has 205 valence electrons. The summed E-state index contributed by atoms with van der Waals surface area (Å²) >= 11 is 0. The van der Waals surface area contributed by atoms with E-state index in [0.29, 0.717) is 17.2 Å². The number of imidazole rings is 1. The maximum atomic E-state index is 13.7. The van der Waals surface area contributed by atoms with Crippen LogP contribution in [-0.2, 0) is 27.2 Å². The van der Waals surface area contributed by atoms with E-state index in [-0.39, 0.29) is 25.7 Å². The van der Waals surface area contributed by atoms with Crippen molar-refractivity contribution in [3.05, 3.63) is 110 Å². The summed E-state index contributed by atoms with van der Waals surface area (Å²) in [6.07, 6.45) is 9.70. The maximum absolute atomic E-state index is 13.7. The van der Waals surface area contributed by atoms with Crippen molar-refractivity contribution >= 4 is 11.4 Å². The van der Waals surface area contributed by atoms with Crippen LogP contribution >= 0.6 is 0 Å². The van der Waals surface area contributed by atoms with Crippen LogP contribution in [0.2, 0.25) is 0 Å². The van der Waals surface area contributed by atoms with E-state index < -0.39 is 11.6 Å². The standard InChI is InChI=1S/C14H10F2N4.C14H15N4.Ir/c1-8-5-12(19-18-8)14-17-13(7-20(14)2)10-4-3-9(15)6-11(10)16;1-15-6-8-17(11-15)13-4-3-5-14(10-13)18-9-7-16(2)12-18;/h3,5-7H,1-2H3;3-9,11-12H,1-2H3;/q-2;-3;. The van der Waals surface area contributed by atoms with Crippen LogP contribution in [0.1, 0.15) is 5.69 Å². The fraction of sp³-hybridized carbons (Fsp3) is 0.143. The van der Waals surface area contributed by atoms with E-state index in [1.807, 2.05) is 97.0 Å². The third kappa shape index (κ3) is 6.38. The van der Waals surface area contributed by atoms with Crippen molar-refractivity contribution in [2.75, 3.05) is 23.9 Å². The largest absolute Gasteiger partial charge is 0.572 e. The van der Waals surface area contributed by atoms with Crippen molar-refractivity contribution in [2.24, 2.45) is 7.05 Å². The molecule has 2 aliphatic rings. The molecular weight excluding hydrogens is 679 g/mol. The molecule has 0 aliphatic carbocycles. The molecule has 11 heteroatoms. The van der Waals surface area contributed by atoms with Crippen LogP contribution in [0.15, 0.2) is 67.4 Å². The van der Waals surface area contributed by atoms with Crippen LogP contribution in [0.5, 0.6) is 0 Å². The molecule has 0 unspecified atom stereocenters. The Balaban J connectivity index is 0.000000177. The Bertz CT molecular complexity index is 1450. The molecule has 2 aromatic heterocycles. The zero-order valence-corrected chi connectivity index (χ0v) is 24.1. The van der Waals surface area contributed by atoms with Gasteiger partial charge in [0.2, 0.25) is 0 Å². The molecule has 0 atom stereocenters. The molecule has 4 aromatic rings. The molecule has 0 saturated heterocycles. The number of hydrogen-bond donors (Lipinski definition) is 0. The van der Waals surface area contributed by atoms with Crippen molar-refractivity contribution < 1.29 is 28.9 Å². The van der Waals surface area contributed by atoms with Crippen molar-refractivity contribution in [1.29, 1.82) is 0 Å². The van der Waals surface area contributed by atoms with E-state index in [1.165, 1.54) is 0 Å². The number of benzene rings is 2. The molecule has 0 saturated carbocycles. The Morgan fingerprint density at radius 3 is 2.08 bits per heavy atom. The van der Waals surface area contributed by atoms with Gasteiger partial charge in [0.05, 0.1) is 0 Å². The van der Waals surface area contributed by atoms with Gasteiger partial charge in [-0.25, -0.2) is 0 Å². The molecule has 4 heterocycles. The summed E-state index contributed by atoms with van der Waals surface area (Å²) in [7, 11) is 5.79. The minimum Gasteiger partial charge on any atom is -0.572 e. The summed E-state index contributed by atoms with van der Waals surface area (Å²) in [5, 5.41) is 7.90. The van der Waals surface area contributed by atoms with Crippen molar-refractivity contribution in [1.82, 2.24) is 29.5 Å². The molecule has 2 aliphatic heterocycles. The van der Waals surface area contributed by atoms with E-state index in [9.17, 15) is 8.78 Å². The SMILES string of the molecule is CN1C=CN(c2[c-]c(N3C=CN(C)[CH-]3)ccc2)[CH-]1.Cc1cc(-c2nc(-c3[c-]cc(F)cc3F)cn2C)[n-]n1.[Ir]. The average Bonchev–Trinajstić information content (AvgIpc) is 3.68. The van der Waals surface area contributed by atoms with Crippen molar-refractivity contribution in [3.63, 3.8) is 0 Å². The molecule has 8 nitrogen and oxygen atoms in total. The topological polar surface area (TPSA) is 57.8 Å². The van der Waals surface area contributed by atoms with Crippen LogP contribution in [0.3, 0.4) is 0 Å². The second-order valence-corrected chi connectivity index (χ2v) is 8.87. The van der Waals surface area contributed by atoms with Gasteiger partial charge in [0.25, 0.3) is 0 Å². The van der Waals surface area contributed by atoms with E-state index in [1.54, 1.807) is 23.9 Å². The molecule has 0 amide bonds. The first kappa shape index (κ1) is 28.1. The fourth-order valence-electron chi connectivity index (χ4n) is 3.90. The third-order valence-corrected chi connectivity index (χ3v) is 5.74. The number of rotatable bonds is 4. The minimum atomic E-state index is -0.695. The van der Waals surface area contributed by atoms with Gasteiger partial charge in [-0.3, -0.25) is 13.8 Å². The Morgan fingerprint density at radius 1 is 0.923 bits per heavy atom. The number of halogens is 2. The van der Waals surface area contributed by atoms with Crippen LogP contribution in [-0.4, -0.2) is 38.5 Å². The van der Waals surface area contributed by atoms with Gasteiger partial charge in [-0.15, -0.1) is 41.7 Å². The van der Waals surface area contributed by atoms with Gasteiger partial charge in [0.15, 0.2) is 0 Å². The Morgan fingerprint density at radius 2 is 1.56 bits per heavy atom. The van der Waals surface area contributed by atoms with E-state index >= 15 is 0 Å². The first-order valence-corrected chi connectivity index (χ1v) is 11.7. The predicted molar refractivity (Wildman–Crippen MR) is 141 cm³/mol. The molecule has 0 spiro atoms. The van der Waals surface area contributed by atoms with Crippen LogP contribution in [0, 0.1) is 44.0 Å². The number of hydrogen-bond acceptors (Lipinski definition) is 6. The molecule has 0 N–H and O–H groups in total. The van der Waals surface area contributed by atoms with Gasteiger partial charge in [0, 0.05) is 50.2 Å². The minimum absolute atomic E-state index is 0.